The van der Waals surface area contributed by atoms with E-state index < -0.39 is 5.97 Å². The largest absolute Gasteiger partial charge is 2.00 e. The first-order chi connectivity index (χ1) is 1.73. The molecule has 0 aromatic rings. The van der Waals surface area contributed by atoms with E-state index in [1.807, 2.05) is 0 Å². The summed E-state index contributed by atoms with van der Waals surface area (Å²) in [6.45, 7) is 1.08. The van der Waals surface area contributed by atoms with Crippen molar-refractivity contribution >= 4 is 29.0 Å². The van der Waals surface area contributed by atoms with E-state index in [4.69, 9.17) is 9.90 Å². The molecule has 0 fully saturated rings. The second-order valence-corrected chi connectivity index (χ2v) is 0.519. The first-order valence-corrected chi connectivity index (χ1v) is 0.928. The van der Waals surface area contributed by atoms with Gasteiger partial charge in [0.05, 0.1) is 0 Å². The molecule has 0 saturated heterocycles. The molecular weight excluding hydrogens is 136 g/mol. The van der Waals surface area contributed by atoms with Gasteiger partial charge in [-0.05, 0) is 0 Å². The Labute approximate surface area is 65.9 Å². The Balaban J connectivity index is -0.00000000750. The number of aliphatic carboxylic acids is 1. The average Bonchev–Trinajstić information content (AvgIpc) is 0.811. The summed E-state index contributed by atoms with van der Waals surface area (Å²) in [6, 6.07) is 0. The molecule has 6 heavy (non-hydrogen) atoms. The van der Waals surface area contributed by atoms with Crippen molar-refractivity contribution in [3.05, 3.63) is 0 Å². The Bertz CT molecular complexity index is 41.0. The molecule has 1 N–H and O–H groups in total. The molecule has 0 atom stereocenters. The van der Waals surface area contributed by atoms with E-state index in [0.717, 1.165) is 6.92 Å². The molecule has 0 aromatic heterocycles. The molecule has 0 aliphatic carbocycles. The van der Waals surface area contributed by atoms with Crippen molar-refractivity contribution < 1.29 is 29.8 Å². The van der Waals surface area contributed by atoms with Gasteiger partial charge in [-0.25, -0.2) is 0 Å². The van der Waals surface area contributed by atoms with Gasteiger partial charge >= 0.3 is 23.1 Å². The average molecular weight is 142 g/mol. The fraction of sp³-hybridized carbons (Fsp3) is 0.500. The van der Waals surface area contributed by atoms with Gasteiger partial charge in [-0.3, -0.25) is 4.79 Å². The minimum Gasteiger partial charge on any atom is -1.00 e. The minimum absolute atomic E-state index is 0. The molecule has 0 aliphatic rings. The Morgan fingerprint density at radius 1 is 1.83 bits per heavy atom. The van der Waals surface area contributed by atoms with Gasteiger partial charge in [-0.1, -0.05) is 0 Å². The summed E-state index contributed by atoms with van der Waals surface area (Å²) >= 11 is 0. The zero-order valence-corrected chi connectivity index (χ0v) is 5.93. The van der Waals surface area contributed by atoms with Crippen LogP contribution in [0.4, 0.5) is 0 Å². The van der Waals surface area contributed by atoms with Crippen LogP contribution in [0.5, 0.6) is 0 Å². The third kappa shape index (κ3) is 117. The van der Waals surface area contributed by atoms with Crippen LogP contribution in [-0.4, -0.2) is 34.1 Å². The van der Waals surface area contributed by atoms with Gasteiger partial charge in [-0.2, -0.15) is 0 Å². The summed E-state index contributed by atoms with van der Waals surface area (Å²) < 4.78 is 0. The van der Waals surface area contributed by atoms with E-state index in [0.29, 0.717) is 0 Å². The van der Waals surface area contributed by atoms with Crippen molar-refractivity contribution in [2.45, 2.75) is 6.92 Å². The van der Waals surface area contributed by atoms with Crippen LogP contribution in [0.3, 0.4) is 0 Å². The Hall–Kier alpha value is 0.756. The Kier molecular flexibility index (Phi) is 24.4. The maximum absolute atomic E-state index is 9.00. The Morgan fingerprint density at radius 3 is 1.83 bits per heavy atom. The number of carboxylic acid groups (broad SMARTS) is 1. The second kappa shape index (κ2) is 9.23. The van der Waals surface area contributed by atoms with Gasteiger partial charge in [0.15, 0.2) is 0 Å². The molecule has 2 nitrogen and oxygen atoms in total. The molecule has 36 valence electrons. The number of rotatable bonds is 0. The third-order valence-corrected chi connectivity index (χ3v) is 0. The number of hydrogen-bond donors (Lipinski definition) is 1. The molecule has 0 aliphatic heterocycles. The van der Waals surface area contributed by atoms with Crippen LogP contribution in [0.2, 0.25) is 0 Å². The van der Waals surface area contributed by atoms with Crippen molar-refractivity contribution in [1.29, 1.82) is 0 Å². The number of carbonyl (C=O) groups is 1. The van der Waals surface area contributed by atoms with Crippen LogP contribution in [0.15, 0.2) is 0 Å². The number of carboxylic acids is 1. The van der Waals surface area contributed by atoms with E-state index >= 15 is 0 Å². The SMILES string of the molecule is CC(=O)O.[Fe].[H-].[H-].[Mg+2]. The van der Waals surface area contributed by atoms with Gasteiger partial charge in [0.25, 0.3) is 5.97 Å². The van der Waals surface area contributed by atoms with Crippen LogP contribution in [0.25, 0.3) is 0 Å². The van der Waals surface area contributed by atoms with Crippen molar-refractivity contribution in [1.82, 2.24) is 0 Å². The fourth-order valence-electron chi connectivity index (χ4n) is 0. The molecule has 0 bridgehead atoms. The quantitative estimate of drug-likeness (QED) is 0.481. The molecule has 0 radical (unpaired) electrons. The standard InChI is InChI=1S/C2H4O2.Fe.Mg.2H/c1-2(3)4;;;;/h1H3,(H,3,4);;;;/q;;+2;2*-1. The van der Waals surface area contributed by atoms with Crippen molar-refractivity contribution in [3.8, 4) is 0 Å². The predicted octanol–water partition coefficient (Wildman–Crippen LogP) is -0.0674. The first kappa shape index (κ1) is 15.9. The molecule has 4 heteroatoms. The molecule has 0 spiro atoms. The van der Waals surface area contributed by atoms with Crippen LogP contribution in [0.1, 0.15) is 9.78 Å². The maximum Gasteiger partial charge on any atom is 2.00 e. The summed E-state index contributed by atoms with van der Waals surface area (Å²) in [6.07, 6.45) is 0. The monoisotopic (exact) mass is 142 g/mol. The maximum atomic E-state index is 9.00. The summed E-state index contributed by atoms with van der Waals surface area (Å²) in [4.78, 5) is 9.00. The van der Waals surface area contributed by atoms with E-state index in [-0.39, 0.29) is 43.0 Å². The van der Waals surface area contributed by atoms with Crippen molar-refractivity contribution in [2.24, 2.45) is 0 Å². The molecular formula is C2H6FeMgO2. The first-order valence-electron chi connectivity index (χ1n) is 0.928. The van der Waals surface area contributed by atoms with Crippen LogP contribution >= 0.6 is 0 Å². The smallest absolute Gasteiger partial charge is 1.00 e. The van der Waals surface area contributed by atoms with Crippen LogP contribution < -0.4 is 0 Å². The molecule has 0 heterocycles. The van der Waals surface area contributed by atoms with E-state index in [2.05, 4.69) is 0 Å². The summed E-state index contributed by atoms with van der Waals surface area (Å²) in [7, 11) is 0. The van der Waals surface area contributed by atoms with Gasteiger partial charge in [-0.15, -0.1) is 0 Å². The number of hydrogen-bond acceptors (Lipinski definition) is 1. The van der Waals surface area contributed by atoms with E-state index in [1.54, 1.807) is 0 Å². The van der Waals surface area contributed by atoms with E-state index in [1.165, 1.54) is 0 Å². The molecule has 0 rings (SSSR count). The molecule has 0 amide bonds. The van der Waals surface area contributed by atoms with Gasteiger partial charge in [0.2, 0.25) is 0 Å². The second-order valence-electron chi connectivity index (χ2n) is 0.519. The fourth-order valence-corrected chi connectivity index (χ4v) is 0. The normalized spacial score (nSPS) is 4.17. The summed E-state index contributed by atoms with van der Waals surface area (Å²) in [5.74, 6) is -0.833. The van der Waals surface area contributed by atoms with Crippen molar-refractivity contribution in [2.75, 3.05) is 0 Å². The molecule has 0 unspecified atom stereocenters. The van der Waals surface area contributed by atoms with Gasteiger partial charge in [0.1, 0.15) is 0 Å². The van der Waals surface area contributed by atoms with Gasteiger partial charge in [0, 0.05) is 24.0 Å². The van der Waals surface area contributed by atoms with Crippen molar-refractivity contribution in [3.63, 3.8) is 0 Å². The minimum atomic E-state index is -0.833. The zero-order valence-electron chi connectivity index (χ0n) is 5.42. The van der Waals surface area contributed by atoms with Gasteiger partial charge < -0.3 is 7.96 Å². The third-order valence-electron chi connectivity index (χ3n) is 0. The zero-order chi connectivity index (χ0) is 3.58. The molecule has 0 aromatic carbocycles. The van der Waals surface area contributed by atoms with E-state index in [9.17, 15) is 0 Å². The Morgan fingerprint density at radius 2 is 1.83 bits per heavy atom. The predicted molar refractivity (Wildman–Crippen MR) is 21.3 cm³/mol. The van der Waals surface area contributed by atoms with Crippen LogP contribution in [-0.2, 0) is 21.9 Å². The van der Waals surface area contributed by atoms with Crippen LogP contribution in [0, 0.1) is 0 Å². The topological polar surface area (TPSA) is 37.3 Å². The summed E-state index contributed by atoms with van der Waals surface area (Å²) in [5, 5.41) is 7.42. The summed E-state index contributed by atoms with van der Waals surface area (Å²) in [5.41, 5.74) is 0. The molecule has 0 saturated carbocycles.